The van der Waals surface area contributed by atoms with Crippen molar-refractivity contribution in [2.75, 3.05) is 20.6 Å². The second-order valence-corrected chi connectivity index (χ2v) is 6.46. The number of rotatable bonds is 8. The number of nitrogens with zero attached hydrogens (tertiary/aromatic N) is 2. The van der Waals surface area contributed by atoms with Crippen LogP contribution in [0.2, 0.25) is 0 Å². The first kappa shape index (κ1) is 22.5. The van der Waals surface area contributed by atoms with Gasteiger partial charge in [0.1, 0.15) is 5.76 Å². The molecule has 0 spiro atoms. The summed E-state index contributed by atoms with van der Waals surface area (Å²) in [6.45, 7) is 6.91. The Bertz CT molecular complexity index is 656. The minimum absolute atomic E-state index is 0. The fraction of sp³-hybridized carbons (Fsp3) is 0.450. The molecule has 0 bridgehead atoms. The molecule has 26 heavy (non-hydrogen) atoms. The smallest absolute Gasteiger partial charge is 0.191 e. The number of halogens is 1. The summed E-state index contributed by atoms with van der Waals surface area (Å²) in [4.78, 5) is 6.64. The van der Waals surface area contributed by atoms with Crippen molar-refractivity contribution >= 4 is 29.9 Å². The molecule has 6 heteroatoms. The van der Waals surface area contributed by atoms with Gasteiger partial charge in [0.2, 0.25) is 0 Å². The fourth-order valence-corrected chi connectivity index (χ4v) is 2.49. The van der Waals surface area contributed by atoms with E-state index in [9.17, 15) is 0 Å². The molecule has 0 saturated carbocycles. The summed E-state index contributed by atoms with van der Waals surface area (Å²) in [5.74, 6) is 1.78. The Labute approximate surface area is 174 Å². The lowest BCUT2D eigenvalue weighted by Crippen LogP contribution is -2.38. The molecule has 1 aromatic carbocycles. The maximum atomic E-state index is 5.35. The molecule has 2 rings (SSSR count). The Morgan fingerprint density at radius 3 is 2.46 bits per heavy atom. The minimum atomic E-state index is 0. The van der Waals surface area contributed by atoms with Crippen LogP contribution in [0, 0.1) is 0 Å². The summed E-state index contributed by atoms with van der Waals surface area (Å²) < 4.78 is 5.35. The molecule has 0 aliphatic heterocycles. The molecule has 0 aliphatic carbocycles. The van der Waals surface area contributed by atoms with Crippen LogP contribution in [-0.2, 0) is 19.5 Å². The quantitative estimate of drug-likeness (QED) is 0.352. The maximum Gasteiger partial charge on any atom is 0.191 e. The lowest BCUT2D eigenvalue weighted by Gasteiger charge is -2.23. The van der Waals surface area contributed by atoms with Crippen molar-refractivity contribution in [2.45, 2.75) is 39.4 Å². The van der Waals surface area contributed by atoms with Crippen molar-refractivity contribution in [3.8, 4) is 0 Å². The highest BCUT2D eigenvalue weighted by molar-refractivity contribution is 14.0. The zero-order chi connectivity index (χ0) is 18.1. The first-order valence-corrected chi connectivity index (χ1v) is 8.84. The highest BCUT2D eigenvalue weighted by atomic mass is 127. The van der Waals surface area contributed by atoms with E-state index >= 15 is 0 Å². The van der Waals surface area contributed by atoms with Crippen molar-refractivity contribution in [1.29, 1.82) is 0 Å². The van der Waals surface area contributed by atoms with E-state index in [0.29, 0.717) is 6.04 Å². The van der Waals surface area contributed by atoms with Gasteiger partial charge in [0, 0.05) is 39.1 Å². The molecule has 0 atom stereocenters. The second kappa shape index (κ2) is 12.0. The lowest BCUT2D eigenvalue weighted by molar-refractivity contribution is 0.265. The molecule has 2 aromatic rings. The Balaban J connectivity index is 0.00000338. The average Bonchev–Trinajstić information content (AvgIpc) is 3.12. The number of aliphatic imine (C=N–C) groups is 1. The fourth-order valence-electron chi connectivity index (χ4n) is 2.49. The molecule has 1 aromatic heterocycles. The SMILES string of the molecule is CN=C(NCCc1ccco1)NCc1ccccc1CN(C)C(C)C.I. The van der Waals surface area contributed by atoms with Crippen LogP contribution < -0.4 is 10.6 Å². The standard InChI is InChI=1S/C20H30N4O.HI/c1-16(2)24(4)15-18-9-6-5-8-17(18)14-23-20(21-3)22-12-11-19-10-7-13-25-19;/h5-10,13,16H,11-12,14-15H2,1-4H3,(H2,21,22,23);1H. The van der Waals surface area contributed by atoms with Crippen LogP contribution in [0.15, 0.2) is 52.1 Å². The average molecular weight is 470 g/mol. The van der Waals surface area contributed by atoms with Gasteiger partial charge in [-0.3, -0.25) is 9.89 Å². The van der Waals surface area contributed by atoms with E-state index in [1.807, 2.05) is 12.1 Å². The van der Waals surface area contributed by atoms with E-state index in [2.05, 4.69) is 65.7 Å². The molecule has 1 heterocycles. The Kier molecular flexibility index (Phi) is 10.3. The monoisotopic (exact) mass is 470 g/mol. The molecule has 0 aliphatic rings. The topological polar surface area (TPSA) is 52.8 Å². The van der Waals surface area contributed by atoms with Gasteiger partial charge in [-0.05, 0) is 44.2 Å². The van der Waals surface area contributed by atoms with Gasteiger partial charge in [0.25, 0.3) is 0 Å². The summed E-state index contributed by atoms with van der Waals surface area (Å²) in [7, 11) is 3.95. The van der Waals surface area contributed by atoms with Crippen LogP contribution in [0.1, 0.15) is 30.7 Å². The van der Waals surface area contributed by atoms with Crippen molar-refractivity contribution in [2.24, 2.45) is 4.99 Å². The van der Waals surface area contributed by atoms with E-state index in [0.717, 1.165) is 37.8 Å². The molecule has 2 N–H and O–H groups in total. The van der Waals surface area contributed by atoms with E-state index in [1.54, 1.807) is 13.3 Å². The van der Waals surface area contributed by atoms with Gasteiger partial charge in [-0.1, -0.05) is 24.3 Å². The number of furan rings is 1. The van der Waals surface area contributed by atoms with Gasteiger partial charge in [-0.15, -0.1) is 24.0 Å². The van der Waals surface area contributed by atoms with Crippen LogP contribution in [-0.4, -0.2) is 37.5 Å². The largest absolute Gasteiger partial charge is 0.469 e. The second-order valence-electron chi connectivity index (χ2n) is 6.46. The van der Waals surface area contributed by atoms with Crippen LogP contribution in [0.25, 0.3) is 0 Å². The van der Waals surface area contributed by atoms with Crippen LogP contribution in [0.4, 0.5) is 0 Å². The van der Waals surface area contributed by atoms with Gasteiger partial charge in [0.05, 0.1) is 6.26 Å². The third-order valence-corrected chi connectivity index (χ3v) is 4.33. The Morgan fingerprint density at radius 2 is 1.85 bits per heavy atom. The molecule has 144 valence electrons. The molecule has 5 nitrogen and oxygen atoms in total. The van der Waals surface area contributed by atoms with E-state index < -0.39 is 0 Å². The minimum Gasteiger partial charge on any atom is -0.469 e. The first-order valence-electron chi connectivity index (χ1n) is 8.84. The zero-order valence-corrected chi connectivity index (χ0v) is 18.5. The normalized spacial score (nSPS) is 11.5. The number of hydrogen-bond acceptors (Lipinski definition) is 3. The molecule has 0 radical (unpaired) electrons. The number of nitrogens with one attached hydrogen (secondary N) is 2. The summed E-state index contributed by atoms with van der Waals surface area (Å²) in [5.41, 5.74) is 2.64. The molecule has 0 unspecified atom stereocenters. The van der Waals surface area contributed by atoms with Gasteiger partial charge < -0.3 is 15.1 Å². The third kappa shape index (κ3) is 7.37. The van der Waals surface area contributed by atoms with Gasteiger partial charge >= 0.3 is 0 Å². The lowest BCUT2D eigenvalue weighted by atomic mass is 10.1. The highest BCUT2D eigenvalue weighted by Crippen LogP contribution is 2.12. The molecule has 0 amide bonds. The predicted molar refractivity (Wildman–Crippen MR) is 119 cm³/mol. The van der Waals surface area contributed by atoms with Crippen molar-refractivity contribution in [3.63, 3.8) is 0 Å². The summed E-state index contributed by atoms with van der Waals surface area (Å²) >= 11 is 0. The third-order valence-electron chi connectivity index (χ3n) is 4.33. The van der Waals surface area contributed by atoms with Crippen LogP contribution in [0.3, 0.4) is 0 Å². The van der Waals surface area contributed by atoms with Crippen LogP contribution in [0.5, 0.6) is 0 Å². The number of benzene rings is 1. The Hall–Kier alpha value is -1.54. The van der Waals surface area contributed by atoms with Crippen molar-refractivity contribution in [3.05, 3.63) is 59.5 Å². The molecule has 0 fully saturated rings. The van der Waals surface area contributed by atoms with E-state index in [-0.39, 0.29) is 24.0 Å². The first-order chi connectivity index (χ1) is 12.1. The summed E-state index contributed by atoms with van der Waals surface area (Å²) in [6.07, 6.45) is 2.54. The Morgan fingerprint density at radius 1 is 1.12 bits per heavy atom. The summed E-state index contributed by atoms with van der Waals surface area (Å²) in [6, 6.07) is 13.0. The number of hydrogen-bond donors (Lipinski definition) is 2. The molecular weight excluding hydrogens is 439 g/mol. The number of guanidine groups is 1. The van der Waals surface area contributed by atoms with Crippen molar-refractivity contribution in [1.82, 2.24) is 15.5 Å². The molecule has 0 saturated heterocycles. The van der Waals surface area contributed by atoms with E-state index in [4.69, 9.17) is 4.42 Å². The molecular formula is C20H31IN4O. The predicted octanol–water partition coefficient (Wildman–Crippen LogP) is 3.65. The van der Waals surface area contributed by atoms with Gasteiger partial charge in [0.15, 0.2) is 5.96 Å². The zero-order valence-electron chi connectivity index (χ0n) is 16.2. The summed E-state index contributed by atoms with van der Waals surface area (Å²) in [5, 5.41) is 6.72. The van der Waals surface area contributed by atoms with E-state index in [1.165, 1.54) is 11.1 Å². The van der Waals surface area contributed by atoms with Gasteiger partial charge in [-0.25, -0.2) is 0 Å². The van der Waals surface area contributed by atoms with Crippen LogP contribution >= 0.6 is 24.0 Å². The van der Waals surface area contributed by atoms with Gasteiger partial charge in [-0.2, -0.15) is 0 Å². The maximum absolute atomic E-state index is 5.35. The highest BCUT2D eigenvalue weighted by Gasteiger charge is 2.08. The van der Waals surface area contributed by atoms with Crippen molar-refractivity contribution < 1.29 is 4.42 Å².